The Morgan fingerprint density at radius 2 is 1.86 bits per heavy atom. The third-order valence-electron chi connectivity index (χ3n) is 4.98. The van der Waals surface area contributed by atoms with E-state index in [1.807, 2.05) is 65.3 Å². The Balaban J connectivity index is 1.44. The van der Waals surface area contributed by atoms with E-state index in [9.17, 15) is 4.79 Å². The van der Waals surface area contributed by atoms with E-state index in [4.69, 9.17) is 0 Å². The topological polar surface area (TPSA) is 33.2 Å². The summed E-state index contributed by atoms with van der Waals surface area (Å²) >= 11 is 3.34. The summed E-state index contributed by atoms with van der Waals surface area (Å²) in [5.41, 5.74) is 1.00. The Kier molecular flexibility index (Phi) is 4.71. The fraction of sp³-hybridized carbons (Fsp3) is 0.130. The number of hydrogen-bond donors (Lipinski definition) is 0. The average molecular weight is 403 g/mol. The molecular weight excluding hydrogens is 384 g/mol. The van der Waals surface area contributed by atoms with Crippen LogP contribution in [0.15, 0.2) is 95.0 Å². The number of thioether (sulfide) groups is 2. The molecule has 138 valence electrons. The number of rotatable bonds is 3. The van der Waals surface area contributed by atoms with Crippen molar-refractivity contribution in [2.75, 3.05) is 10.7 Å². The van der Waals surface area contributed by atoms with Crippen LogP contribution in [0.1, 0.15) is 0 Å². The summed E-state index contributed by atoms with van der Waals surface area (Å²) in [6.45, 7) is 0. The second kappa shape index (κ2) is 7.49. The van der Waals surface area contributed by atoms with Crippen molar-refractivity contribution in [1.82, 2.24) is 4.98 Å². The first-order valence-corrected chi connectivity index (χ1v) is 11.1. The fourth-order valence-electron chi connectivity index (χ4n) is 3.69. The van der Waals surface area contributed by atoms with Crippen LogP contribution in [0.2, 0.25) is 0 Å². The van der Waals surface area contributed by atoms with Gasteiger partial charge in [0.25, 0.3) is 0 Å². The molecule has 0 radical (unpaired) electrons. The van der Waals surface area contributed by atoms with Crippen molar-refractivity contribution < 1.29 is 4.79 Å². The molecule has 0 saturated carbocycles. The molecule has 0 N–H and O–H groups in total. The molecule has 2 aliphatic rings. The SMILES string of the molecule is O=C(CSc1nccc2ccccc12)N1c2ccccc2SC2C=CC=CC21. The van der Waals surface area contributed by atoms with Crippen LogP contribution in [-0.4, -0.2) is 27.9 Å². The number of hydrogen-bond acceptors (Lipinski definition) is 4. The summed E-state index contributed by atoms with van der Waals surface area (Å²) in [6, 6.07) is 18.4. The van der Waals surface area contributed by atoms with Gasteiger partial charge in [-0.1, -0.05) is 72.5 Å². The summed E-state index contributed by atoms with van der Waals surface area (Å²) in [5.74, 6) is 0.475. The first-order chi connectivity index (χ1) is 13.8. The van der Waals surface area contributed by atoms with Gasteiger partial charge in [-0.15, -0.1) is 11.8 Å². The summed E-state index contributed by atoms with van der Waals surface area (Å²) < 4.78 is 0. The second-order valence-corrected chi connectivity index (χ2v) is 8.88. The lowest BCUT2D eigenvalue weighted by Crippen LogP contribution is -2.48. The molecule has 3 aromatic rings. The molecule has 1 amide bonds. The number of carbonyl (C=O) groups is 1. The van der Waals surface area contributed by atoms with Gasteiger partial charge in [-0.25, -0.2) is 4.98 Å². The van der Waals surface area contributed by atoms with Gasteiger partial charge in [0.05, 0.1) is 22.7 Å². The summed E-state index contributed by atoms with van der Waals surface area (Å²) in [5, 5.41) is 3.40. The maximum atomic E-state index is 13.3. The van der Waals surface area contributed by atoms with Gasteiger partial charge in [0.1, 0.15) is 5.03 Å². The lowest BCUT2D eigenvalue weighted by Gasteiger charge is -2.40. The molecule has 0 saturated heterocycles. The number of carbonyl (C=O) groups excluding carboxylic acids is 1. The maximum absolute atomic E-state index is 13.3. The van der Waals surface area contributed by atoms with E-state index in [-0.39, 0.29) is 17.2 Å². The molecule has 2 aromatic carbocycles. The molecule has 0 bridgehead atoms. The van der Waals surface area contributed by atoms with E-state index in [2.05, 4.69) is 41.4 Å². The molecule has 1 aliphatic heterocycles. The van der Waals surface area contributed by atoms with E-state index in [0.717, 1.165) is 26.4 Å². The highest BCUT2D eigenvalue weighted by molar-refractivity contribution is 8.00. The molecule has 1 aromatic heterocycles. The Hall–Kier alpha value is -2.50. The number of aromatic nitrogens is 1. The normalized spacial score (nSPS) is 20.1. The third-order valence-corrected chi connectivity index (χ3v) is 7.28. The number of benzene rings is 2. The van der Waals surface area contributed by atoms with Crippen LogP contribution in [0.25, 0.3) is 10.8 Å². The van der Waals surface area contributed by atoms with E-state index < -0.39 is 0 Å². The fourth-order valence-corrected chi connectivity index (χ4v) is 5.82. The van der Waals surface area contributed by atoms with E-state index >= 15 is 0 Å². The highest BCUT2D eigenvalue weighted by Gasteiger charge is 2.36. The molecule has 5 rings (SSSR count). The van der Waals surface area contributed by atoms with Gasteiger partial charge in [0, 0.05) is 16.5 Å². The summed E-state index contributed by atoms with van der Waals surface area (Å²) in [4.78, 5) is 21.0. The highest BCUT2D eigenvalue weighted by Crippen LogP contribution is 2.43. The van der Waals surface area contributed by atoms with Crippen molar-refractivity contribution in [3.63, 3.8) is 0 Å². The zero-order valence-electron chi connectivity index (χ0n) is 15.1. The molecular formula is C23H18N2OS2. The van der Waals surface area contributed by atoms with E-state index in [0.29, 0.717) is 5.75 Å². The van der Waals surface area contributed by atoms with Crippen molar-refractivity contribution in [3.8, 4) is 0 Å². The van der Waals surface area contributed by atoms with Gasteiger partial charge >= 0.3 is 0 Å². The molecule has 1 aliphatic carbocycles. The van der Waals surface area contributed by atoms with Crippen LogP contribution in [0.4, 0.5) is 5.69 Å². The Labute approximate surface area is 172 Å². The first kappa shape index (κ1) is 17.6. The van der Waals surface area contributed by atoms with Crippen LogP contribution < -0.4 is 4.90 Å². The van der Waals surface area contributed by atoms with Crippen molar-refractivity contribution in [3.05, 3.63) is 85.1 Å². The molecule has 5 heteroatoms. The van der Waals surface area contributed by atoms with Gasteiger partial charge < -0.3 is 4.90 Å². The Morgan fingerprint density at radius 3 is 2.82 bits per heavy atom. The standard InChI is InChI=1S/C23H18N2OS2/c26-22(15-27-23-17-8-2-1-7-16(17)13-14-24-23)25-18-9-3-5-11-20(18)28-21-12-6-4-10-19(21)25/h1-14,18,20H,15H2. The maximum Gasteiger partial charge on any atom is 0.238 e. The number of anilines is 1. The minimum atomic E-state index is 0.0541. The molecule has 3 nitrogen and oxygen atoms in total. The van der Waals surface area contributed by atoms with Crippen LogP contribution in [0.5, 0.6) is 0 Å². The van der Waals surface area contributed by atoms with Crippen LogP contribution in [-0.2, 0) is 4.79 Å². The predicted molar refractivity (Wildman–Crippen MR) is 118 cm³/mol. The first-order valence-electron chi connectivity index (χ1n) is 9.20. The zero-order chi connectivity index (χ0) is 18.9. The van der Waals surface area contributed by atoms with Gasteiger partial charge in [-0.05, 0) is 23.6 Å². The van der Waals surface area contributed by atoms with Crippen molar-refractivity contribution in [2.24, 2.45) is 0 Å². The lowest BCUT2D eigenvalue weighted by molar-refractivity contribution is -0.116. The van der Waals surface area contributed by atoms with Gasteiger partial charge in [0.15, 0.2) is 0 Å². The van der Waals surface area contributed by atoms with Gasteiger partial charge in [-0.2, -0.15) is 0 Å². The molecule has 2 atom stereocenters. The lowest BCUT2D eigenvalue weighted by atomic mass is 10.0. The van der Waals surface area contributed by atoms with Gasteiger partial charge in [-0.3, -0.25) is 4.79 Å². The number of fused-ring (bicyclic) bond motifs is 3. The van der Waals surface area contributed by atoms with E-state index in [1.54, 1.807) is 0 Å². The zero-order valence-corrected chi connectivity index (χ0v) is 16.7. The third kappa shape index (κ3) is 3.15. The van der Waals surface area contributed by atoms with Crippen molar-refractivity contribution in [2.45, 2.75) is 21.2 Å². The van der Waals surface area contributed by atoms with Crippen molar-refractivity contribution in [1.29, 1.82) is 0 Å². The second-order valence-electron chi connectivity index (χ2n) is 6.70. The quantitative estimate of drug-likeness (QED) is 0.555. The number of amides is 1. The number of para-hydroxylation sites is 1. The van der Waals surface area contributed by atoms with E-state index in [1.165, 1.54) is 11.8 Å². The van der Waals surface area contributed by atoms with Crippen LogP contribution in [0.3, 0.4) is 0 Å². The molecule has 0 fully saturated rings. The van der Waals surface area contributed by atoms with Crippen LogP contribution in [0, 0.1) is 0 Å². The average Bonchev–Trinajstić information content (AvgIpc) is 2.75. The molecule has 2 heterocycles. The molecule has 0 spiro atoms. The number of nitrogens with zero attached hydrogens (tertiary/aromatic N) is 2. The number of pyridine rings is 1. The monoisotopic (exact) mass is 402 g/mol. The number of allylic oxidation sites excluding steroid dienone is 2. The minimum absolute atomic E-state index is 0.0541. The van der Waals surface area contributed by atoms with Crippen molar-refractivity contribution >= 4 is 45.9 Å². The largest absolute Gasteiger partial charge is 0.302 e. The van der Waals surface area contributed by atoms with Gasteiger partial charge in [0.2, 0.25) is 5.91 Å². The molecule has 28 heavy (non-hydrogen) atoms. The highest BCUT2D eigenvalue weighted by atomic mass is 32.2. The minimum Gasteiger partial charge on any atom is -0.302 e. The smallest absolute Gasteiger partial charge is 0.238 e. The Morgan fingerprint density at radius 1 is 1.04 bits per heavy atom. The summed E-state index contributed by atoms with van der Waals surface area (Å²) in [6.07, 6.45) is 10.2. The Bertz CT molecular complexity index is 1100. The predicted octanol–water partition coefficient (Wildman–Crippen LogP) is 5.33. The van der Waals surface area contributed by atoms with Crippen LogP contribution >= 0.6 is 23.5 Å². The summed E-state index contributed by atoms with van der Waals surface area (Å²) in [7, 11) is 0. The molecule has 2 unspecified atom stereocenters.